The summed E-state index contributed by atoms with van der Waals surface area (Å²) in [6.07, 6.45) is 3.18. The predicted molar refractivity (Wildman–Crippen MR) is 46.1 cm³/mol. The third-order valence-corrected chi connectivity index (χ3v) is 3.02. The number of nitrogens with zero attached hydrogens (tertiary/aromatic N) is 2. The van der Waals surface area contributed by atoms with E-state index in [1.165, 1.54) is 12.4 Å². The zero-order chi connectivity index (χ0) is 9.19. The van der Waals surface area contributed by atoms with Gasteiger partial charge in [-0.15, -0.1) is 0 Å². The molecule has 0 fully saturated rings. The molecule has 0 atom stereocenters. The van der Waals surface area contributed by atoms with Crippen LogP contribution in [0.5, 0.6) is 0 Å². The molecule has 2 N–H and O–H groups in total. The second-order valence-electron chi connectivity index (χ2n) is 2.46. The molecule has 0 saturated heterocycles. The van der Waals surface area contributed by atoms with Crippen LogP contribution in [0.2, 0.25) is 0 Å². The van der Waals surface area contributed by atoms with Crippen molar-refractivity contribution in [3.63, 3.8) is 0 Å². The molecule has 0 spiro atoms. The lowest BCUT2D eigenvalue weighted by molar-refractivity contribution is 0.578. The van der Waals surface area contributed by atoms with Gasteiger partial charge in [0.1, 0.15) is 0 Å². The quantitative estimate of drug-likeness (QED) is 0.729. The number of anilines is 1. The van der Waals surface area contributed by atoms with E-state index in [9.17, 15) is 8.42 Å². The van der Waals surface area contributed by atoms with Crippen LogP contribution in [0.1, 0.15) is 13.3 Å². The number of nitrogen functional groups attached to an aromatic ring is 1. The van der Waals surface area contributed by atoms with Gasteiger partial charge in [-0.1, -0.05) is 6.92 Å². The molecule has 68 valence electrons. The van der Waals surface area contributed by atoms with Crippen molar-refractivity contribution in [3.05, 3.63) is 12.4 Å². The van der Waals surface area contributed by atoms with Gasteiger partial charge in [0.2, 0.25) is 0 Å². The van der Waals surface area contributed by atoms with E-state index in [0.29, 0.717) is 12.1 Å². The van der Waals surface area contributed by atoms with Crippen LogP contribution >= 0.6 is 0 Å². The van der Waals surface area contributed by atoms with Gasteiger partial charge >= 0.3 is 0 Å². The summed E-state index contributed by atoms with van der Waals surface area (Å²) in [4.78, 5) is 0. The Morgan fingerprint density at radius 3 is 2.75 bits per heavy atom. The zero-order valence-electron chi connectivity index (χ0n) is 6.77. The minimum atomic E-state index is -3.26. The summed E-state index contributed by atoms with van der Waals surface area (Å²) in [7, 11) is -3.26. The zero-order valence-corrected chi connectivity index (χ0v) is 7.58. The fourth-order valence-electron chi connectivity index (χ4n) is 0.821. The summed E-state index contributed by atoms with van der Waals surface area (Å²) < 4.78 is 23.5. The van der Waals surface area contributed by atoms with E-state index in [-0.39, 0.29) is 5.75 Å². The topological polar surface area (TPSA) is 78.0 Å². The highest BCUT2D eigenvalue weighted by Crippen LogP contribution is 2.03. The SMILES string of the molecule is CCCS(=O)(=O)n1cc(N)cn1. The molecule has 6 heteroatoms. The van der Waals surface area contributed by atoms with Crippen molar-refractivity contribution in [1.82, 2.24) is 9.19 Å². The molecule has 0 aliphatic rings. The van der Waals surface area contributed by atoms with Crippen molar-refractivity contribution in [2.45, 2.75) is 13.3 Å². The van der Waals surface area contributed by atoms with Crippen molar-refractivity contribution in [1.29, 1.82) is 0 Å². The monoisotopic (exact) mass is 189 g/mol. The molecule has 0 amide bonds. The Kier molecular flexibility index (Phi) is 2.37. The van der Waals surface area contributed by atoms with Gasteiger partial charge in [-0.25, -0.2) is 8.42 Å². The first-order valence-electron chi connectivity index (χ1n) is 3.59. The van der Waals surface area contributed by atoms with E-state index in [0.717, 1.165) is 4.09 Å². The Morgan fingerprint density at radius 1 is 1.67 bits per heavy atom. The van der Waals surface area contributed by atoms with E-state index in [2.05, 4.69) is 5.10 Å². The summed E-state index contributed by atoms with van der Waals surface area (Å²) in [5, 5.41) is 3.61. The van der Waals surface area contributed by atoms with Crippen LogP contribution < -0.4 is 5.73 Å². The lowest BCUT2D eigenvalue weighted by Crippen LogP contribution is -2.16. The highest BCUT2D eigenvalue weighted by Gasteiger charge is 2.11. The van der Waals surface area contributed by atoms with E-state index in [1.54, 1.807) is 6.92 Å². The minimum absolute atomic E-state index is 0.0914. The third kappa shape index (κ3) is 1.76. The first-order chi connectivity index (χ1) is 5.56. The second kappa shape index (κ2) is 3.14. The van der Waals surface area contributed by atoms with Gasteiger partial charge in [-0.05, 0) is 6.42 Å². The van der Waals surface area contributed by atoms with Gasteiger partial charge in [0.15, 0.2) is 0 Å². The van der Waals surface area contributed by atoms with Crippen molar-refractivity contribution in [2.24, 2.45) is 0 Å². The molecule has 0 saturated carbocycles. The van der Waals surface area contributed by atoms with Gasteiger partial charge in [-0.3, -0.25) is 0 Å². The number of aromatic nitrogens is 2. The van der Waals surface area contributed by atoms with Crippen LogP contribution in [-0.4, -0.2) is 23.4 Å². The number of nitrogens with two attached hydrogens (primary N) is 1. The molecular weight excluding hydrogens is 178 g/mol. The van der Waals surface area contributed by atoms with E-state index in [1.807, 2.05) is 0 Å². The van der Waals surface area contributed by atoms with Crippen molar-refractivity contribution < 1.29 is 8.42 Å². The van der Waals surface area contributed by atoms with Crippen molar-refractivity contribution in [2.75, 3.05) is 11.5 Å². The summed E-state index contributed by atoms with van der Waals surface area (Å²) >= 11 is 0. The van der Waals surface area contributed by atoms with Crippen LogP contribution in [0.25, 0.3) is 0 Å². The maximum atomic E-state index is 11.3. The van der Waals surface area contributed by atoms with Crippen LogP contribution in [0.15, 0.2) is 12.4 Å². The smallest absolute Gasteiger partial charge is 0.253 e. The highest BCUT2D eigenvalue weighted by atomic mass is 32.2. The van der Waals surface area contributed by atoms with Gasteiger partial charge in [0.05, 0.1) is 23.8 Å². The van der Waals surface area contributed by atoms with Crippen molar-refractivity contribution in [3.8, 4) is 0 Å². The standard InChI is InChI=1S/C6H11N3O2S/c1-2-3-12(10,11)9-5-6(7)4-8-9/h4-5H,2-3,7H2,1H3. The molecule has 1 aromatic rings. The number of hydrogen-bond acceptors (Lipinski definition) is 4. The Labute approximate surface area is 71.2 Å². The average molecular weight is 189 g/mol. The molecular formula is C6H11N3O2S. The summed E-state index contributed by atoms with van der Waals surface area (Å²) in [5.74, 6) is 0.0914. The van der Waals surface area contributed by atoms with Gasteiger partial charge in [0.25, 0.3) is 10.0 Å². The number of rotatable bonds is 3. The average Bonchev–Trinajstić information content (AvgIpc) is 2.36. The first-order valence-corrected chi connectivity index (χ1v) is 5.20. The lowest BCUT2D eigenvalue weighted by Gasteiger charge is -2.00. The molecule has 1 rings (SSSR count). The summed E-state index contributed by atoms with van der Waals surface area (Å²) in [6, 6.07) is 0. The fraction of sp³-hybridized carbons (Fsp3) is 0.500. The lowest BCUT2D eigenvalue weighted by atomic mass is 10.6. The maximum Gasteiger partial charge on any atom is 0.253 e. The van der Waals surface area contributed by atoms with Crippen LogP contribution in [0, 0.1) is 0 Å². The van der Waals surface area contributed by atoms with E-state index in [4.69, 9.17) is 5.73 Å². The summed E-state index contributed by atoms with van der Waals surface area (Å²) in [6.45, 7) is 1.80. The molecule has 0 aliphatic heterocycles. The van der Waals surface area contributed by atoms with E-state index >= 15 is 0 Å². The Hall–Kier alpha value is -1.04. The summed E-state index contributed by atoms with van der Waals surface area (Å²) in [5.41, 5.74) is 5.68. The Balaban J connectivity index is 2.98. The normalized spacial score (nSPS) is 11.8. The van der Waals surface area contributed by atoms with Crippen molar-refractivity contribution >= 4 is 15.7 Å². The van der Waals surface area contributed by atoms with Crippen LogP contribution in [0.3, 0.4) is 0 Å². The Bertz CT molecular complexity index is 355. The highest BCUT2D eigenvalue weighted by molar-refractivity contribution is 7.89. The van der Waals surface area contributed by atoms with Crippen LogP contribution in [0.4, 0.5) is 5.69 Å². The minimum Gasteiger partial charge on any atom is -0.396 e. The van der Waals surface area contributed by atoms with Gasteiger partial charge in [-0.2, -0.15) is 9.19 Å². The molecule has 12 heavy (non-hydrogen) atoms. The van der Waals surface area contributed by atoms with Crippen LogP contribution in [-0.2, 0) is 10.0 Å². The molecule has 1 heterocycles. The van der Waals surface area contributed by atoms with Gasteiger partial charge in [0, 0.05) is 0 Å². The molecule has 0 aromatic carbocycles. The predicted octanol–water partition coefficient (Wildman–Crippen LogP) is 0.0532. The van der Waals surface area contributed by atoms with E-state index < -0.39 is 10.0 Å². The largest absolute Gasteiger partial charge is 0.396 e. The molecule has 0 aliphatic carbocycles. The molecule has 0 unspecified atom stereocenters. The second-order valence-corrected chi connectivity index (χ2v) is 4.41. The third-order valence-electron chi connectivity index (χ3n) is 1.33. The Morgan fingerprint density at radius 2 is 2.33 bits per heavy atom. The first kappa shape index (κ1) is 9.05. The molecule has 1 aromatic heterocycles. The molecule has 5 nitrogen and oxygen atoms in total. The van der Waals surface area contributed by atoms with Gasteiger partial charge < -0.3 is 5.73 Å². The fourth-order valence-corrected chi connectivity index (χ4v) is 2.00. The molecule has 0 radical (unpaired) electrons. The maximum absolute atomic E-state index is 11.3. The number of hydrogen-bond donors (Lipinski definition) is 1. The molecule has 0 bridgehead atoms.